The van der Waals surface area contributed by atoms with Gasteiger partial charge in [-0.3, -0.25) is 9.63 Å². The second kappa shape index (κ2) is 8.21. The van der Waals surface area contributed by atoms with Crippen molar-refractivity contribution < 1.29 is 31.6 Å². The number of halogens is 2. The lowest BCUT2D eigenvalue weighted by Crippen LogP contribution is -2.25. The number of sulfonamides is 1. The third-order valence-electron chi connectivity index (χ3n) is 3.35. The molecule has 0 aliphatic rings. The molecule has 7 nitrogen and oxygen atoms in total. The number of carbonyl (C=O) groups excluding carboxylic acids is 1. The number of carbonyl (C=O) groups is 1. The zero-order valence-corrected chi connectivity index (χ0v) is 14.7. The fourth-order valence-corrected chi connectivity index (χ4v) is 2.92. The van der Waals surface area contributed by atoms with E-state index in [4.69, 9.17) is 0 Å². The lowest BCUT2D eigenvalue weighted by Gasteiger charge is -2.14. The van der Waals surface area contributed by atoms with Gasteiger partial charge < -0.3 is 10.1 Å². The Morgan fingerprint density at radius 2 is 1.65 bits per heavy atom. The quantitative estimate of drug-likeness (QED) is 0.740. The maximum atomic E-state index is 12.2. The van der Waals surface area contributed by atoms with Crippen molar-refractivity contribution in [2.24, 2.45) is 0 Å². The first kappa shape index (κ1) is 19.8. The number of hydrogen-bond donors (Lipinski definition) is 1. The van der Waals surface area contributed by atoms with Gasteiger partial charge in [0.05, 0.1) is 12.0 Å². The first-order chi connectivity index (χ1) is 12.2. The van der Waals surface area contributed by atoms with Crippen LogP contribution in [0.2, 0.25) is 0 Å². The van der Waals surface area contributed by atoms with Crippen molar-refractivity contribution in [3.05, 3.63) is 54.1 Å². The number of alkyl halides is 2. The summed E-state index contributed by atoms with van der Waals surface area (Å²) >= 11 is 0. The fraction of sp³-hybridized carbons (Fsp3) is 0.188. The number of hydrogen-bond acceptors (Lipinski definition) is 5. The molecule has 0 bridgehead atoms. The number of benzene rings is 2. The number of nitrogens with one attached hydrogen (secondary N) is 1. The van der Waals surface area contributed by atoms with E-state index >= 15 is 0 Å². The molecule has 0 unspecified atom stereocenters. The average Bonchev–Trinajstić information content (AvgIpc) is 2.62. The van der Waals surface area contributed by atoms with Crippen LogP contribution in [-0.4, -0.2) is 39.6 Å². The monoisotopic (exact) mass is 386 g/mol. The van der Waals surface area contributed by atoms with Gasteiger partial charge in [0.15, 0.2) is 0 Å². The molecule has 1 amide bonds. The van der Waals surface area contributed by atoms with Crippen LogP contribution in [0.4, 0.5) is 14.5 Å². The zero-order chi connectivity index (χ0) is 19.3. The largest absolute Gasteiger partial charge is 0.435 e. The Hall–Kier alpha value is -2.56. The molecule has 10 heteroatoms. The van der Waals surface area contributed by atoms with Crippen LogP contribution in [0, 0.1) is 0 Å². The smallest absolute Gasteiger partial charge is 0.387 e. The topological polar surface area (TPSA) is 84.9 Å². The average molecular weight is 386 g/mol. The summed E-state index contributed by atoms with van der Waals surface area (Å²) in [5, 5.41) is 2.56. The Kier molecular flexibility index (Phi) is 6.24. The Morgan fingerprint density at radius 3 is 2.15 bits per heavy atom. The molecule has 26 heavy (non-hydrogen) atoms. The van der Waals surface area contributed by atoms with Crippen molar-refractivity contribution in [3.8, 4) is 5.75 Å². The molecule has 140 valence electrons. The number of hydroxylamine groups is 1. The van der Waals surface area contributed by atoms with Gasteiger partial charge in [-0.25, -0.2) is 8.42 Å². The molecule has 0 saturated heterocycles. The summed E-state index contributed by atoms with van der Waals surface area (Å²) in [5.41, 5.74) is 0.587. The molecule has 0 aliphatic carbocycles. The number of anilines is 1. The highest BCUT2D eigenvalue weighted by Gasteiger charge is 2.21. The summed E-state index contributed by atoms with van der Waals surface area (Å²) in [5.74, 6) is -0.522. The zero-order valence-electron chi connectivity index (χ0n) is 13.8. The van der Waals surface area contributed by atoms with E-state index in [0.29, 0.717) is 10.2 Å². The number of ether oxygens (including phenoxy) is 1. The van der Waals surface area contributed by atoms with Crippen LogP contribution < -0.4 is 10.1 Å². The maximum Gasteiger partial charge on any atom is 0.387 e. The summed E-state index contributed by atoms with van der Waals surface area (Å²) < 4.78 is 53.3. The minimum absolute atomic E-state index is 0.0326. The van der Waals surface area contributed by atoms with E-state index in [1.165, 1.54) is 62.7 Å². The molecule has 1 N–H and O–H groups in total. The molecule has 0 atom stereocenters. The summed E-state index contributed by atoms with van der Waals surface area (Å²) in [7, 11) is -1.33. The van der Waals surface area contributed by atoms with Crippen LogP contribution >= 0.6 is 0 Å². The predicted molar refractivity (Wildman–Crippen MR) is 89.4 cm³/mol. The molecule has 0 radical (unpaired) electrons. The van der Waals surface area contributed by atoms with Crippen LogP contribution in [0.1, 0.15) is 10.4 Å². The van der Waals surface area contributed by atoms with E-state index in [9.17, 15) is 22.0 Å². The van der Waals surface area contributed by atoms with Crippen LogP contribution in [0.15, 0.2) is 53.4 Å². The molecule has 0 fully saturated rings. The lowest BCUT2D eigenvalue weighted by atomic mass is 10.2. The van der Waals surface area contributed by atoms with Gasteiger partial charge in [0.25, 0.3) is 15.9 Å². The Bertz CT molecular complexity index is 855. The van der Waals surface area contributed by atoms with Crippen LogP contribution in [0.5, 0.6) is 5.75 Å². The highest BCUT2D eigenvalue weighted by atomic mass is 32.2. The molecule has 0 saturated carbocycles. The van der Waals surface area contributed by atoms with Crippen molar-refractivity contribution in [2.75, 3.05) is 19.5 Å². The van der Waals surface area contributed by atoms with E-state index in [0.717, 1.165) is 0 Å². The summed E-state index contributed by atoms with van der Waals surface area (Å²) in [6.45, 7) is -2.93. The van der Waals surface area contributed by atoms with Gasteiger partial charge in [-0.2, -0.15) is 8.78 Å². The third-order valence-corrected chi connectivity index (χ3v) is 5.04. The molecule has 2 rings (SSSR count). The highest BCUT2D eigenvalue weighted by Crippen LogP contribution is 2.19. The first-order valence-electron chi connectivity index (χ1n) is 7.23. The Balaban J connectivity index is 2.08. The minimum Gasteiger partial charge on any atom is -0.435 e. The summed E-state index contributed by atoms with van der Waals surface area (Å²) in [4.78, 5) is 16.8. The van der Waals surface area contributed by atoms with Gasteiger partial charge in [0.2, 0.25) is 0 Å². The van der Waals surface area contributed by atoms with Crippen molar-refractivity contribution in [3.63, 3.8) is 0 Å². The van der Waals surface area contributed by atoms with E-state index < -0.39 is 22.5 Å². The van der Waals surface area contributed by atoms with Crippen molar-refractivity contribution in [1.82, 2.24) is 4.47 Å². The fourth-order valence-electron chi connectivity index (χ4n) is 1.95. The van der Waals surface area contributed by atoms with Crippen molar-refractivity contribution >= 4 is 21.6 Å². The second-order valence-corrected chi connectivity index (χ2v) is 6.91. The number of rotatable bonds is 7. The summed E-state index contributed by atoms with van der Waals surface area (Å²) in [6.07, 6.45) is 0. The van der Waals surface area contributed by atoms with Gasteiger partial charge in [0.1, 0.15) is 5.75 Å². The molecule has 0 aliphatic heterocycles. The minimum atomic E-state index is -3.80. The maximum absolute atomic E-state index is 12.2. The van der Waals surface area contributed by atoms with E-state index in [1.54, 1.807) is 0 Å². The summed E-state index contributed by atoms with van der Waals surface area (Å²) in [6, 6.07) is 10.6. The van der Waals surface area contributed by atoms with Gasteiger partial charge in [-0.1, -0.05) is 4.47 Å². The Labute approximate surface area is 149 Å². The van der Waals surface area contributed by atoms with Gasteiger partial charge in [-0.15, -0.1) is 0 Å². The van der Waals surface area contributed by atoms with Crippen LogP contribution in [0.3, 0.4) is 0 Å². The predicted octanol–water partition coefficient (Wildman–Crippen LogP) is 2.72. The SMILES string of the molecule is CON(C)S(=O)(=O)c1ccc(C(=O)Nc2ccc(OC(F)F)cc2)cc1. The Morgan fingerprint density at radius 1 is 1.08 bits per heavy atom. The normalized spacial score (nSPS) is 11.6. The van der Waals surface area contributed by atoms with Crippen molar-refractivity contribution in [1.29, 1.82) is 0 Å². The molecular formula is C16H16F2N2O5S. The van der Waals surface area contributed by atoms with Gasteiger partial charge >= 0.3 is 6.61 Å². The number of nitrogens with zero attached hydrogens (tertiary/aromatic N) is 1. The molecule has 0 heterocycles. The number of amides is 1. The molecule has 2 aromatic rings. The highest BCUT2D eigenvalue weighted by molar-refractivity contribution is 7.89. The molecule has 0 aromatic heterocycles. The van der Waals surface area contributed by atoms with E-state index in [1.807, 2.05) is 0 Å². The lowest BCUT2D eigenvalue weighted by molar-refractivity contribution is -0.0498. The molecular weight excluding hydrogens is 370 g/mol. The third kappa shape index (κ3) is 4.75. The first-order valence-corrected chi connectivity index (χ1v) is 8.67. The van der Waals surface area contributed by atoms with Gasteiger partial charge in [-0.05, 0) is 48.5 Å². The van der Waals surface area contributed by atoms with E-state index in [-0.39, 0.29) is 16.2 Å². The van der Waals surface area contributed by atoms with Crippen molar-refractivity contribution in [2.45, 2.75) is 11.5 Å². The van der Waals surface area contributed by atoms with Crippen LogP contribution in [0.25, 0.3) is 0 Å². The van der Waals surface area contributed by atoms with Crippen LogP contribution in [-0.2, 0) is 14.9 Å². The second-order valence-electron chi connectivity index (χ2n) is 4.98. The molecule has 2 aromatic carbocycles. The standard InChI is InChI=1S/C16H16F2N2O5S/c1-20(24-2)26(22,23)14-9-3-11(4-10-14)15(21)19-12-5-7-13(8-6-12)25-16(17)18/h3-10,16H,1-2H3,(H,19,21). The van der Waals surface area contributed by atoms with E-state index in [2.05, 4.69) is 14.9 Å². The van der Waals surface area contributed by atoms with Gasteiger partial charge in [0, 0.05) is 18.3 Å². The molecule has 0 spiro atoms.